The second-order valence-electron chi connectivity index (χ2n) is 3.37. The van der Waals surface area contributed by atoms with E-state index in [9.17, 15) is 8.78 Å². The van der Waals surface area contributed by atoms with E-state index in [-0.39, 0.29) is 5.56 Å². The van der Waals surface area contributed by atoms with Crippen molar-refractivity contribution in [1.82, 2.24) is 0 Å². The van der Waals surface area contributed by atoms with E-state index in [1.54, 1.807) is 13.0 Å². The molecule has 3 nitrogen and oxygen atoms in total. The Bertz CT molecular complexity index is 407. The fourth-order valence-corrected chi connectivity index (χ4v) is 1.33. The van der Waals surface area contributed by atoms with E-state index in [1.807, 2.05) is 0 Å². The highest BCUT2D eigenvalue weighted by Crippen LogP contribution is 2.20. The summed E-state index contributed by atoms with van der Waals surface area (Å²) in [6.45, 7) is 1.59. The Hall–Kier alpha value is -1.75. The van der Waals surface area contributed by atoms with Crippen molar-refractivity contribution in [2.24, 2.45) is 5.16 Å². The quantitative estimate of drug-likeness (QED) is 0.488. The van der Waals surface area contributed by atoms with Gasteiger partial charge in [0.25, 0.3) is 0 Å². The first-order valence-electron chi connectivity index (χ1n) is 5.03. The predicted molar refractivity (Wildman–Crippen MR) is 60.2 cm³/mol. The number of benzene rings is 1. The van der Waals surface area contributed by atoms with Crippen molar-refractivity contribution < 1.29 is 18.7 Å². The molecule has 1 aromatic carbocycles. The molecule has 0 heterocycles. The number of hydrogen-bond donors (Lipinski definition) is 1. The van der Waals surface area contributed by atoms with E-state index in [4.69, 9.17) is 9.94 Å². The topological polar surface area (TPSA) is 41.8 Å². The van der Waals surface area contributed by atoms with Crippen LogP contribution in [0.4, 0.5) is 8.78 Å². The van der Waals surface area contributed by atoms with Crippen LogP contribution in [0.1, 0.15) is 18.6 Å². The van der Waals surface area contributed by atoms with Gasteiger partial charge in [-0.3, -0.25) is 0 Å². The summed E-state index contributed by atoms with van der Waals surface area (Å²) < 4.78 is 30.7. The lowest BCUT2D eigenvalue weighted by molar-refractivity contribution is 0.0618. The predicted octanol–water partition coefficient (Wildman–Crippen LogP) is 3.22. The fraction of sp³-hybridized carbons (Fsp3) is 0.250. The molecular weight excluding hydrogens is 228 g/mol. The number of halogens is 2. The monoisotopic (exact) mass is 241 g/mol. The van der Waals surface area contributed by atoms with Crippen molar-refractivity contribution >= 4 is 6.21 Å². The molecule has 92 valence electrons. The van der Waals surface area contributed by atoms with Crippen LogP contribution in [0.15, 0.2) is 41.8 Å². The van der Waals surface area contributed by atoms with Crippen LogP contribution >= 0.6 is 0 Å². The van der Waals surface area contributed by atoms with Crippen LogP contribution < -0.4 is 0 Å². The van der Waals surface area contributed by atoms with Crippen LogP contribution in [0.25, 0.3) is 0 Å². The van der Waals surface area contributed by atoms with Gasteiger partial charge in [0, 0.05) is 5.56 Å². The lowest BCUT2D eigenvalue weighted by Crippen LogP contribution is -2.14. The van der Waals surface area contributed by atoms with E-state index >= 15 is 0 Å². The zero-order valence-electron chi connectivity index (χ0n) is 9.25. The summed E-state index contributed by atoms with van der Waals surface area (Å²) in [6.07, 6.45) is 1.12. The number of oxime groups is 1. The SMILES string of the molecule is CC(C=CF)O[C@H](C=NO)c1ccccc1F. The Morgan fingerprint density at radius 3 is 2.71 bits per heavy atom. The summed E-state index contributed by atoms with van der Waals surface area (Å²) in [4.78, 5) is 0. The van der Waals surface area contributed by atoms with Crippen molar-refractivity contribution in [3.8, 4) is 0 Å². The highest BCUT2D eigenvalue weighted by atomic mass is 19.1. The van der Waals surface area contributed by atoms with Crippen molar-refractivity contribution in [3.05, 3.63) is 48.1 Å². The van der Waals surface area contributed by atoms with Gasteiger partial charge in [0.2, 0.25) is 0 Å². The smallest absolute Gasteiger partial charge is 0.129 e. The summed E-state index contributed by atoms with van der Waals surface area (Å²) >= 11 is 0. The minimum absolute atomic E-state index is 0.226. The molecule has 0 aliphatic carbocycles. The minimum atomic E-state index is -0.868. The maximum Gasteiger partial charge on any atom is 0.129 e. The summed E-state index contributed by atoms with van der Waals surface area (Å²) in [5.74, 6) is -0.478. The molecule has 0 spiro atoms. The molecule has 0 aliphatic heterocycles. The average Bonchev–Trinajstić information content (AvgIpc) is 2.29. The molecular formula is C12H13F2NO2. The van der Waals surface area contributed by atoms with Gasteiger partial charge in [0.1, 0.15) is 11.9 Å². The summed E-state index contributed by atoms with van der Waals surface area (Å²) in [5, 5.41) is 11.3. The van der Waals surface area contributed by atoms with Gasteiger partial charge in [-0.15, -0.1) is 0 Å². The van der Waals surface area contributed by atoms with E-state index in [2.05, 4.69) is 5.16 Å². The highest BCUT2D eigenvalue weighted by Gasteiger charge is 2.16. The van der Waals surface area contributed by atoms with Gasteiger partial charge in [-0.2, -0.15) is 0 Å². The third-order valence-electron chi connectivity index (χ3n) is 2.12. The first kappa shape index (κ1) is 13.3. The molecule has 0 saturated carbocycles. The molecule has 0 fully saturated rings. The molecule has 5 heteroatoms. The second kappa shape index (κ2) is 6.75. The Morgan fingerprint density at radius 1 is 1.41 bits per heavy atom. The van der Waals surface area contributed by atoms with E-state index in [0.717, 1.165) is 6.21 Å². The largest absolute Gasteiger partial charge is 0.411 e. The fourth-order valence-electron chi connectivity index (χ4n) is 1.33. The van der Waals surface area contributed by atoms with Crippen molar-refractivity contribution in [2.45, 2.75) is 19.1 Å². The summed E-state index contributed by atoms with van der Waals surface area (Å²) in [5.41, 5.74) is 0.226. The van der Waals surface area contributed by atoms with Crippen molar-refractivity contribution in [2.75, 3.05) is 0 Å². The number of ether oxygens (including phenoxy) is 1. The molecule has 0 radical (unpaired) electrons. The maximum atomic E-state index is 13.5. The molecule has 17 heavy (non-hydrogen) atoms. The molecule has 1 N–H and O–H groups in total. The molecule has 2 atom stereocenters. The van der Waals surface area contributed by atoms with Gasteiger partial charge in [-0.1, -0.05) is 23.4 Å². The first-order chi connectivity index (χ1) is 8.19. The molecule has 0 bridgehead atoms. The molecule has 1 rings (SSSR count). The van der Waals surface area contributed by atoms with Crippen molar-refractivity contribution in [1.29, 1.82) is 0 Å². The highest BCUT2D eigenvalue weighted by molar-refractivity contribution is 5.65. The second-order valence-corrected chi connectivity index (χ2v) is 3.37. The zero-order valence-corrected chi connectivity index (χ0v) is 9.25. The van der Waals surface area contributed by atoms with E-state index in [0.29, 0.717) is 6.33 Å². The zero-order chi connectivity index (χ0) is 12.7. The molecule has 0 saturated heterocycles. The molecule has 1 aromatic rings. The van der Waals surface area contributed by atoms with Crippen LogP contribution in [0, 0.1) is 5.82 Å². The number of rotatable bonds is 5. The third kappa shape index (κ3) is 3.96. The molecule has 0 aromatic heterocycles. The Kier molecular flexibility index (Phi) is 5.29. The van der Waals surface area contributed by atoms with Crippen LogP contribution in [0.2, 0.25) is 0 Å². The van der Waals surface area contributed by atoms with Crippen LogP contribution in [0.5, 0.6) is 0 Å². The van der Waals surface area contributed by atoms with Crippen LogP contribution in [-0.2, 0) is 4.74 Å². The Balaban J connectivity index is 2.90. The van der Waals surface area contributed by atoms with Gasteiger partial charge in [0.15, 0.2) is 0 Å². The minimum Gasteiger partial charge on any atom is -0.411 e. The molecule has 0 aliphatic rings. The molecule has 0 amide bonds. The lowest BCUT2D eigenvalue weighted by atomic mass is 10.1. The first-order valence-corrected chi connectivity index (χ1v) is 5.03. The Labute approximate surface area is 98.0 Å². The number of nitrogens with zero attached hydrogens (tertiary/aromatic N) is 1. The standard InChI is InChI=1S/C12H13F2NO2/c1-9(6-7-13)17-12(8-15-16)10-4-2-3-5-11(10)14/h2-9,12,16H,1H3/t9?,12-/m1/s1. The summed E-state index contributed by atoms with van der Waals surface area (Å²) in [7, 11) is 0. The maximum absolute atomic E-state index is 13.5. The van der Waals surface area contributed by atoms with Crippen molar-refractivity contribution in [3.63, 3.8) is 0 Å². The Morgan fingerprint density at radius 2 is 2.12 bits per heavy atom. The van der Waals surface area contributed by atoms with Gasteiger partial charge < -0.3 is 9.94 Å². The van der Waals surface area contributed by atoms with E-state index in [1.165, 1.54) is 24.3 Å². The average molecular weight is 241 g/mol. The molecule has 1 unspecified atom stereocenters. The van der Waals surface area contributed by atoms with Gasteiger partial charge in [-0.25, -0.2) is 8.78 Å². The van der Waals surface area contributed by atoms with Gasteiger partial charge in [0.05, 0.1) is 18.6 Å². The van der Waals surface area contributed by atoms with Gasteiger partial charge in [-0.05, 0) is 19.1 Å². The van der Waals surface area contributed by atoms with Crippen LogP contribution in [-0.4, -0.2) is 17.5 Å². The third-order valence-corrected chi connectivity index (χ3v) is 2.12. The van der Waals surface area contributed by atoms with E-state index < -0.39 is 18.0 Å². The normalized spacial score (nSPS) is 15.5. The van der Waals surface area contributed by atoms with Gasteiger partial charge >= 0.3 is 0 Å². The number of hydrogen-bond acceptors (Lipinski definition) is 3. The summed E-state index contributed by atoms with van der Waals surface area (Å²) in [6, 6.07) is 5.95. The lowest BCUT2D eigenvalue weighted by Gasteiger charge is -2.17. The van der Waals surface area contributed by atoms with Crippen LogP contribution in [0.3, 0.4) is 0 Å².